The van der Waals surface area contributed by atoms with Crippen LogP contribution in [0.4, 0.5) is 0 Å². The van der Waals surface area contributed by atoms with Crippen LogP contribution >= 0.6 is 0 Å². The standard InChI is InChI=1S/C21H32N2O3/c24-21(18-25-17-20-10-5-16-26-20)23-13-6-12-22(14-15-23)11-4-9-19-7-2-1-3-8-19/h1-3,7-8,20H,4-6,9-18H2. The molecule has 1 amide bonds. The molecule has 2 fully saturated rings. The van der Waals surface area contributed by atoms with Gasteiger partial charge < -0.3 is 19.3 Å². The molecule has 5 nitrogen and oxygen atoms in total. The third-order valence-electron chi connectivity index (χ3n) is 5.28. The summed E-state index contributed by atoms with van der Waals surface area (Å²) < 4.78 is 11.1. The Labute approximate surface area is 157 Å². The van der Waals surface area contributed by atoms with Gasteiger partial charge in [-0.2, -0.15) is 0 Å². The van der Waals surface area contributed by atoms with Crippen molar-refractivity contribution in [3.8, 4) is 0 Å². The molecule has 1 aromatic carbocycles. The van der Waals surface area contributed by atoms with Crippen molar-refractivity contribution >= 4 is 5.91 Å². The van der Waals surface area contributed by atoms with Crippen LogP contribution in [0.3, 0.4) is 0 Å². The Hall–Kier alpha value is -1.43. The first kappa shape index (κ1) is 19.3. The lowest BCUT2D eigenvalue weighted by Crippen LogP contribution is -2.38. The van der Waals surface area contributed by atoms with E-state index < -0.39 is 0 Å². The molecule has 0 N–H and O–H groups in total. The van der Waals surface area contributed by atoms with Crippen LogP contribution in [0.2, 0.25) is 0 Å². The van der Waals surface area contributed by atoms with E-state index in [2.05, 4.69) is 35.2 Å². The van der Waals surface area contributed by atoms with E-state index >= 15 is 0 Å². The first-order chi connectivity index (χ1) is 12.8. The highest BCUT2D eigenvalue weighted by molar-refractivity contribution is 5.77. The van der Waals surface area contributed by atoms with Crippen molar-refractivity contribution in [1.29, 1.82) is 0 Å². The molecule has 1 atom stereocenters. The first-order valence-corrected chi connectivity index (χ1v) is 10.0. The highest BCUT2D eigenvalue weighted by atomic mass is 16.5. The summed E-state index contributed by atoms with van der Waals surface area (Å²) in [6.45, 7) is 6.37. The topological polar surface area (TPSA) is 42.0 Å². The molecular weight excluding hydrogens is 328 g/mol. The molecule has 0 aliphatic carbocycles. The van der Waals surface area contributed by atoms with Crippen molar-refractivity contribution in [3.05, 3.63) is 35.9 Å². The number of hydrogen-bond acceptors (Lipinski definition) is 4. The van der Waals surface area contributed by atoms with Gasteiger partial charge in [0.25, 0.3) is 0 Å². The average molecular weight is 360 g/mol. The Morgan fingerprint density at radius 3 is 2.81 bits per heavy atom. The van der Waals surface area contributed by atoms with Crippen molar-refractivity contribution in [3.63, 3.8) is 0 Å². The highest BCUT2D eigenvalue weighted by Crippen LogP contribution is 2.12. The summed E-state index contributed by atoms with van der Waals surface area (Å²) in [5.41, 5.74) is 1.41. The fourth-order valence-electron chi connectivity index (χ4n) is 3.74. The maximum Gasteiger partial charge on any atom is 0.248 e. The summed E-state index contributed by atoms with van der Waals surface area (Å²) >= 11 is 0. The van der Waals surface area contributed by atoms with E-state index in [1.54, 1.807) is 0 Å². The molecule has 2 aliphatic heterocycles. The minimum atomic E-state index is 0.120. The van der Waals surface area contributed by atoms with E-state index in [-0.39, 0.29) is 18.6 Å². The summed E-state index contributed by atoms with van der Waals surface area (Å²) in [5.74, 6) is 0.120. The zero-order valence-electron chi connectivity index (χ0n) is 15.8. The minimum Gasteiger partial charge on any atom is -0.376 e. The lowest BCUT2D eigenvalue weighted by molar-refractivity contribution is -0.137. The maximum absolute atomic E-state index is 12.4. The van der Waals surface area contributed by atoms with E-state index in [1.807, 2.05) is 4.90 Å². The Kier molecular flexibility index (Phi) is 7.92. The summed E-state index contributed by atoms with van der Waals surface area (Å²) in [5, 5.41) is 0. The maximum atomic E-state index is 12.4. The van der Waals surface area contributed by atoms with Crippen LogP contribution in [0.25, 0.3) is 0 Å². The minimum absolute atomic E-state index is 0.120. The van der Waals surface area contributed by atoms with E-state index in [4.69, 9.17) is 9.47 Å². The van der Waals surface area contributed by atoms with E-state index in [9.17, 15) is 4.79 Å². The number of nitrogens with zero attached hydrogens (tertiary/aromatic N) is 2. The van der Waals surface area contributed by atoms with Gasteiger partial charge in [0, 0.05) is 26.2 Å². The van der Waals surface area contributed by atoms with Gasteiger partial charge in [-0.1, -0.05) is 30.3 Å². The fourth-order valence-corrected chi connectivity index (χ4v) is 3.74. The summed E-state index contributed by atoms with van der Waals surface area (Å²) in [7, 11) is 0. The molecule has 0 bridgehead atoms. The van der Waals surface area contributed by atoms with Crippen LogP contribution in [-0.2, 0) is 20.7 Å². The van der Waals surface area contributed by atoms with Gasteiger partial charge in [-0.05, 0) is 50.8 Å². The Bertz CT molecular complexity index is 531. The van der Waals surface area contributed by atoms with Crippen LogP contribution < -0.4 is 0 Å². The monoisotopic (exact) mass is 360 g/mol. The van der Waals surface area contributed by atoms with Crippen LogP contribution in [0.1, 0.15) is 31.2 Å². The molecule has 3 rings (SSSR count). The molecule has 144 valence electrons. The summed E-state index contributed by atoms with van der Waals surface area (Å²) in [4.78, 5) is 16.8. The quantitative estimate of drug-likeness (QED) is 0.714. The molecule has 2 heterocycles. The number of benzene rings is 1. The second-order valence-corrected chi connectivity index (χ2v) is 7.32. The van der Waals surface area contributed by atoms with Gasteiger partial charge in [0.15, 0.2) is 0 Å². The molecule has 0 radical (unpaired) electrons. The number of carbonyl (C=O) groups is 1. The van der Waals surface area contributed by atoms with Crippen LogP contribution in [0.15, 0.2) is 30.3 Å². The third-order valence-corrected chi connectivity index (χ3v) is 5.28. The molecular formula is C21H32N2O3. The predicted octanol–water partition coefficient (Wildman–Crippen LogP) is 2.35. The Balaban J connectivity index is 1.31. The number of rotatable bonds is 8. The van der Waals surface area contributed by atoms with Crippen molar-refractivity contribution < 1.29 is 14.3 Å². The molecule has 1 aromatic rings. The van der Waals surface area contributed by atoms with Crippen molar-refractivity contribution in [2.75, 3.05) is 52.5 Å². The predicted molar refractivity (Wildman–Crippen MR) is 102 cm³/mol. The zero-order chi connectivity index (χ0) is 18.0. The fraction of sp³-hybridized carbons (Fsp3) is 0.667. The van der Waals surface area contributed by atoms with Crippen molar-refractivity contribution in [1.82, 2.24) is 9.80 Å². The van der Waals surface area contributed by atoms with Gasteiger partial charge in [-0.15, -0.1) is 0 Å². The second-order valence-electron chi connectivity index (χ2n) is 7.32. The number of amides is 1. The number of ether oxygens (including phenoxy) is 2. The highest BCUT2D eigenvalue weighted by Gasteiger charge is 2.20. The smallest absolute Gasteiger partial charge is 0.248 e. The molecule has 5 heteroatoms. The molecule has 2 saturated heterocycles. The average Bonchev–Trinajstić information content (AvgIpc) is 3.07. The summed E-state index contributed by atoms with van der Waals surface area (Å²) in [6.07, 6.45) is 5.68. The van der Waals surface area contributed by atoms with Gasteiger partial charge in [-0.3, -0.25) is 4.79 Å². The lowest BCUT2D eigenvalue weighted by Gasteiger charge is -2.22. The van der Waals surface area contributed by atoms with Gasteiger partial charge in [-0.25, -0.2) is 0 Å². The first-order valence-electron chi connectivity index (χ1n) is 10.0. The van der Waals surface area contributed by atoms with Crippen molar-refractivity contribution in [2.24, 2.45) is 0 Å². The molecule has 0 aromatic heterocycles. The lowest BCUT2D eigenvalue weighted by atomic mass is 10.1. The molecule has 26 heavy (non-hydrogen) atoms. The van der Waals surface area contributed by atoms with Gasteiger partial charge >= 0.3 is 0 Å². The molecule has 0 spiro atoms. The SMILES string of the molecule is O=C(COCC1CCCO1)N1CCCN(CCCc2ccccc2)CC1. The van der Waals surface area contributed by atoms with Gasteiger partial charge in [0.1, 0.15) is 6.61 Å². The Morgan fingerprint density at radius 1 is 1.12 bits per heavy atom. The number of carbonyl (C=O) groups excluding carboxylic acids is 1. The van der Waals surface area contributed by atoms with Crippen LogP contribution in [0.5, 0.6) is 0 Å². The molecule has 1 unspecified atom stereocenters. The van der Waals surface area contributed by atoms with Crippen LogP contribution in [-0.4, -0.2) is 74.4 Å². The summed E-state index contributed by atoms with van der Waals surface area (Å²) in [6, 6.07) is 10.7. The second kappa shape index (κ2) is 10.7. The molecule has 2 aliphatic rings. The zero-order valence-corrected chi connectivity index (χ0v) is 15.8. The number of aryl methyl sites for hydroxylation is 1. The normalized spacial score (nSPS) is 21.7. The van der Waals surface area contributed by atoms with E-state index in [0.29, 0.717) is 6.61 Å². The number of hydrogen-bond donors (Lipinski definition) is 0. The largest absolute Gasteiger partial charge is 0.376 e. The Morgan fingerprint density at radius 2 is 2.00 bits per heavy atom. The molecule has 0 saturated carbocycles. The van der Waals surface area contributed by atoms with Gasteiger partial charge in [0.05, 0.1) is 12.7 Å². The van der Waals surface area contributed by atoms with E-state index in [1.165, 1.54) is 12.0 Å². The van der Waals surface area contributed by atoms with Crippen LogP contribution in [0, 0.1) is 0 Å². The third kappa shape index (κ3) is 6.38. The van der Waals surface area contributed by atoms with Gasteiger partial charge in [0.2, 0.25) is 5.91 Å². The van der Waals surface area contributed by atoms with Crippen molar-refractivity contribution in [2.45, 2.75) is 38.2 Å². The van der Waals surface area contributed by atoms with E-state index in [0.717, 1.165) is 65.0 Å².